The molecule has 0 spiro atoms. The Morgan fingerprint density at radius 2 is 1.96 bits per heavy atom. The number of likely N-dealkylation sites (N-methyl/N-ethyl adjacent to an activating group) is 1. The Bertz CT molecular complexity index is 942. The number of carbonyl (C=O) groups excluding carboxylic acids is 1. The monoisotopic (exact) mass is 376 g/mol. The summed E-state index contributed by atoms with van der Waals surface area (Å²) in [6, 6.07) is 11.8. The van der Waals surface area contributed by atoms with E-state index in [9.17, 15) is 13.2 Å². The summed E-state index contributed by atoms with van der Waals surface area (Å²) in [5.41, 5.74) is 1.21. The molecule has 1 amide bonds. The first kappa shape index (κ1) is 18.2. The van der Waals surface area contributed by atoms with Crippen molar-refractivity contribution in [2.75, 3.05) is 25.6 Å². The lowest BCUT2D eigenvalue weighted by Crippen LogP contribution is -2.49. The van der Waals surface area contributed by atoms with Gasteiger partial charge in [-0.25, -0.2) is 13.1 Å². The summed E-state index contributed by atoms with van der Waals surface area (Å²) in [7, 11) is -0.637. The van der Waals surface area contributed by atoms with Crippen molar-refractivity contribution in [3.8, 4) is 11.5 Å². The van der Waals surface area contributed by atoms with Crippen molar-refractivity contribution in [1.82, 2.24) is 4.72 Å². The first-order chi connectivity index (χ1) is 12.3. The summed E-state index contributed by atoms with van der Waals surface area (Å²) in [4.78, 5) is 14.0. The molecule has 1 aliphatic rings. The van der Waals surface area contributed by atoms with E-state index >= 15 is 0 Å². The quantitative estimate of drug-likeness (QED) is 0.859. The second-order valence-corrected chi connectivity index (χ2v) is 7.69. The zero-order valence-corrected chi connectivity index (χ0v) is 15.5. The van der Waals surface area contributed by atoms with E-state index in [2.05, 4.69) is 4.72 Å². The van der Waals surface area contributed by atoms with Crippen LogP contribution in [-0.2, 0) is 14.8 Å². The Morgan fingerprint density at radius 3 is 2.65 bits per heavy atom. The third kappa shape index (κ3) is 3.38. The topological polar surface area (TPSA) is 84.9 Å². The molecule has 1 N–H and O–H groups in total. The number of benzene rings is 2. The van der Waals surface area contributed by atoms with Crippen LogP contribution in [0.3, 0.4) is 0 Å². The second kappa shape index (κ2) is 6.97. The molecular weight excluding hydrogens is 356 g/mol. The average Bonchev–Trinajstić information content (AvgIpc) is 2.63. The van der Waals surface area contributed by atoms with Crippen LogP contribution in [-0.4, -0.2) is 41.1 Å². The second-order valence-electron chi connectivity index (χ2n) is 5.95. The Morgan fingerprint density at radius 1 is 1.23 bits per heavy atom. The summed E-state index contributed by atoms with van der Waals surface area (Å²) in [5.74, 6) is 0.808. The van der Waals surface area contributed by atoms with E-state index in [0.717, 1.165) is 0 Å². The summed E-state index contributed by atoms with van der Waals surface area (Å²) in [5, 5.41) is 0. The van der Waals surface area contributed by atoms with Crippen molar-refractivity contribution in [2.45, 2.75) is 17.9 Å². The molecule has 7 nitrogen and oxygen atoms in total. The van der Waals surface area contributed by atoms with Gasteiger partial charge in [0, 0.05) is 7.05 Å². The van der Waals surface area contributed by atoms with Crippen LogP contribution in [0.1, 0.15) is 5.56 Å². The van der Waals surface area contributed by atoms with Gasteiger partial charge in [-0.3, -0.25) is 4.79 Å². The fourth-order valence-electron chi connectivity index (χ4n) is 2.81. The number of hydrogen-bond acceptors (Lipinski definition) is 5. The van der Waals surface area contributed by atoms with Gasteiger partial charge in [0.1, 0.15) is 11.5 Å². The van der Waals surface area contributed by atoms with Crippen LogP contribution < -0.4 is 19.1 Å². The highest BCUT2D eigenvalue weighted by Crippen LogP contribution is 2.32. The maximum absolute atomic E-state index is 12.6. The minimum Gasteiger partial charge on any atom is -0.497 e. The van der Waals surface area contributed by atoms with Crippen LogP contribution in [0.4, 0.5) is 5.69 Å². The summed E-state index contributed by atoms with van der Waals surface area (Å²) >= 11 is 0. The van der Waals surface area contributed by atoms with Crippen molar-refractivity contribution >= 4 is 21.6 Å². The summed E-state index contributed by atoms with van der Waals surface area (Å²) in [6.07, 6.45) is -0.928. The number of nitrogens with one attached hydrogen (secondary N) is 1. The van der Waals surface area contributed by atoms with Gasteiger partial charge >= 0.3 is 0 Å². The predicted octanol–water partition coefficient (Wildman–Crippen LogP) is 1.71. The van der Waals surface area contributed by atoms with Gasteiger partial charge in [0.2, 0.25) is 10.0 Å². The maximum atomic E-state index is 12.6. The molecule has 1 heterocycles. The molecule has 2 aromatic carbocycles. The summed E-state index contributed by atoms with van der Waals surface area (Å²) in [6.45, 7) is 1.52. The number of nitrogens with zero attached hydrogens (tertiary/aromatic N) is 1. The van der Waals surface area contributed by atoms with E-state index in [1.807, 2.05) is 6.07 Å². The highest BCUT2D eigenvalue weighted by atomic mass is 32.2. The van der Waals surface area contributed by atoms with Gasteiger partial charge in [0.05, 0.1) is 24.2 Å². The Kier molecular flexibility index (Phi) is 4.88. The minimum absolute atomic E-state index is 0.135. The van der Waals surface area contributed by atoms with Gasteiger partial charge in [-0.2, -0.15) is 0 Å². The van der Waals surface area contributed by atoms with Gasteiger partial charge in [-0.05, 0) is 42.8 Å². The molecule has 26 heavy (non-hydrogen) atoms. The maximum Gasteiger partial charge on any atom is 0.269 e. The average molecular weight is 376 g/mol. The highest BCUT2D eigenvalue weighted by molar-refractivity contribution is 7.89. The number of aryl methyl sites for hydroxylation is 1. The molecule has 8 heteroatoms. The van der Waals surface area contributed by atoms with E-state index in [-0.39, 0.29) is 17.3 Å². The van der Waals surface area contributed by atoms with Crippen molar-refractivity contribution in [1.29, 1.82) is 0 Å². The first-order valence-corrected chi connectivity index (χ1v) is 9.49. The Labute approximate surface area is 152 Å². The molecule has 138 valence electrons. The standard InChI is InChI=1S/C18H20N2O5S/c1-12-10-13(24-3)8-9-17(12)26(22,23)19-11-16-18(21)20(2)14-6-4-5-7-15(14)25-16/h4-10,16,19H,11H2,1-3H3. The Balaban J connectivity index is 1.77. The molecule has 0 aromatic heterocycles. The van der Waals surface area contributed by atoms with Gasteiger partial charge in [0.25, 0.3) is 5.91 Å². The van der Waals surface area contributed by atoms with Crippen molar-refractivity contribution in [2.24, 2.45) is 0 Å². The molecule has 0 radical (unpaired) electrons. The van der Waals surface area contributed by atoms with E-state index in [1.165, 1.54) is 18.1 Å². The van der Waals surface area contributed by atoms with E-state index in [0.29, 0.717) is 22.7 Å². The minimum atomic E-state index is -3.79. The number of fused-ring (bicyclic) bond motifs is 1. The molecule has 0 aliphatic carbocycles. The van der Waals surface area contributed by atoms with Crippen LogP contribution in [0.5, 0.6) is 11.5 Å². The van der Waals surface area contributed by atoms with Crippen molar-refractivity contribution in [3.63, 3.8) is 0 Å². The van der Waals surface area contributed by atoms with Crippen molar-refractivity contribution in [3.05, 3.63) is 48.0 Å². The fraction of sp³-hybridized carbons (Fsp3) is 0.278. The SMILES string of the molecule is COc1ccc(S(=O)(=O)NCC2Oc3ccccc3N(C)C2=O)c(C)c1. The number of hydrogen-bond donors (Lipinski definition) is 1. The number of methoxy groups -OCH3 is 1. The third-order valence-electron chi connectivity index (χ3n) is 4.23. The fourth-order valence-corrected chi connectivity index (χ4v) is 4.07. The number of ether oxygens (including phenoxy) is 2. The predicted molar refractivity (Wildman–Crippen MR) is 97.2 cm³/mol. The van der Waals surface area contributed by atoms with Crippen LogP contribution in [0, 0.1) is 6.92 Å². The lowest BCUT2D eigenvalue weighted by molar-refractivity contribution is -0.125. The molecule has 0 saturated carbocycles. The Hall–Kier alpha value is -2.58. The van der Waals surface area contributed by atoms with E-state index in [1.54, 1.807) is 44.3 Å². The van der Waals surface area contributed by atoms with Gasteiger partial charge in [-0.1, -0.05) is 12.1 Å². The largest absolute Gasteiger partial charge is 0.497 e. The molecule has 3 rings (SSSR count). The molecule has 1 unspecified atom stereocenters. The van der Waals surface area contributed by atoms with Crippen LogP contribution in [0.15, 0.2) is 47.4 Å². The molecule has 1 aliphatic heterocycles. The van der Waals surface area contributed by atoms with Gasteiger partial charge in [0.15, 0.2) is 6.10 Å². The molecule has 2 aromatic rings. The lowest BCUT2D eigenvalue weighted by Gasteiger charge is -2.31. The molecule has 0 fully saturated rings. The number of anilines is 1. The highest BCUT2D eigenvalue weighted by Gasteiger charge is 2.33. The smallest absolute Gasteiger partial charge is 0.269 e. The first-order valence-electron chi connectivity index (χ1n) is 8.01. The molecular formula is C18H20N2O5S. The zero-order chi connectivity index (χ0) is 18.9. The zero-order valence-electron chi connectivity index (χ0n) is 14.7. The van der Waals surface area contributed by atoms with Crippen LogP contribution in [0.25, 0.3) is 0 Å². The van der Waals surface area contributed by atoms with E-state index in [4.69, 9.17) is 9.47 Å². The lowest BCUT2D eigenvalue weighted by atomic mass is 10.2. The van der Waals surface area contributed by atoms with Gasteiger partial charge in [-0.15, -0.1) is 0 Å². The van der Waals surface area contributed by atoms with Gasteiger partial charge < -0.3 is 14.4 Å². The number of rotatable bonds is 5. The van der Waals surface area contributed by atoms with E-state index < -0.39 is 16.1 Å². The molecule has 1 atom stereocenters. The normalized spacial score (nSPS) is 16.8. The third-order valence-corrected chi connectivity index (χ3v) is 5.82. The van der Waals surface area contributed by atoms with Crippen LogP contribution >= 0.6 is 0 Å². The number of amides is 1. The number of sulfonamides is 1. The molecule has 0 saturated heterocycles. The van der Waals surface area contributed by atoms with Crippen LogP contribution in [0.2, 0.25) is 0 Å². The molecule has 0 bridgehead atoms. The van der Waals surface area contributed by atoms with Crippen molar-refractivity contribution < 1.29 is 22.7 Å². The number of para-hydroxylation sites is 2. The summed E-state index contributed by atoms with van der Waals surface area (Å²) < 4.78 is 38.4. The number of carbonyl (C=O) groups is 1.